The van der Waals surface area contributed by atoms with Crippen LogP contribution in [0, 0.1) is 22.7 Å². The van der Waals surface area contributed by atoms with Gasteiger partial charge in [-0.1, -0.05) is 13.8 Å². The summed E-state index contributed by atoms with van der Waals surface area (Å²) in [6.45, 7) is 6.52. The van der Waals surface area contributed by atoms with E-state index in [1.807, 2.05) is 18.7 Å². The summed E-state index contributed by atoms with van der Waals surface area (Å²) in [7, 11) is 0. The van der Waals surface area contributed by atoms with Gasteiger partial charge in [-0.3, -0.25) is 9.80 Å². The minimum absolute atomic E-state index is 0.0903. The van der Waals surface area contributed by atoms with Gasteiger partial charge in [0.15, 0.2) is 6.17 Å². The summed E-state index contributed by atoms with van der Waals surface area (Å²) >= 11 is 0. The molecule has 76 valence electrons. The lowest BCUT2D eigenvalue weighted by atomic mass is 10.1. The molecule has 2 atom stereocenters. The summed E-state index contributed by atoms with van der Waals surface area (Å²) in [5, 5.41) is 18.0. The number of hydrogen-bond acceptors (Lipinski definition) is 4. The Labute approximate surface area is 85.3 Å². The van der Waals surface area contributed by atoms with Crippen molar-refractivity contribution < 1.29 is 0 Å². The highest BCUT2D eigenvalue weighted by atomic mass is 15.4. The number of nitriles is 2. The summed E-state index contributed by atoms with van der Waals surface area (Å²) < 4.78 is 0. The van der Waals surface area contributed by atoms with Crippen molar-refractivity contribution in [1.29, 1.82) is 10.5 Å². The molecule has 0 amide bonds. The van der Waals surface area contributed by atoms with E-state index in [9.17, 15) is 0 Å². The standard InChI is InChI=1S/C10H16N4/c1-3-13-6-5-9(7-11)14(4-2)10(13)8-12/h9-10H,3-6H2,1-2H3. The molecular formula is C10H16N4. The largest absolute Gasteiger partial charge is 0.276 e. The van der Waals surface area contributed by atoms with Crippen LogP contribution in [0.3, 0.4) is 0 Å². The van der Waals surface area contributed by atoms with Crippen LogP contribution in [0.5, 0.6) is 0 Å². The molecule has 1 aliphatic heterocycles. The maximum absolute atomic E-state index is 9.06. The van der Waals surface area contributed by atoms with E-state index in [4.69, 9.17) is 10.5 Å². The van der Waals surface area contributed by atoms with Gasteiger partial charge in [0.05, 0.1) is 12.1 Å². The van der Waals surface area contributed by atoms with Gasteiger partial charge in [0, 0.05) is 6.54 Å². The van der Waals surface area contributed by atoms with Crippen LogP contribution in [0.4, 0.5) is 0 Å². The van der Waals surface area contributed by atoms with Crippen molar-refractivity contribution in [2.24, 2.45) is 0 Å². The van der Waals surface area contributed by atoms with Gasteiger partial charge in [-0.25, -0.2) is 0 Å². The summed E-state index contributed by atoms with van der Waals surface area (Å²) in [6, 6.07) is 4.44. The van der Waals surface area contributed by atoms with Gasteiger partial charge >= 0.3 is 0 Å². The SMILES string of the molecule is CCN1CCC(C#N)N(CC)C1C#N. The molecule has 0 aromatic heterocycles. The number of nitrogens with zero attached hydrogens (tertiary/aromatic N) is 4. The summed E-state index contributed by atoms with van der Waals surface area (Å²) in [4.78, 5) is 4.07. The minimum Gasteiger partial charge on any atom is -0.276 e. The smallest absolute Gasteiger partial charge is 0.154 e. The second-order valence-electron chi connectivity index (χ2n) is 3.40. The van der Waals surface area contributed by atoms with E-state index in [1.54, 1.807) is 0 Å². The highest BCUT2D eigenvalue weighted by Gasteiger charge is 2.33. The Bertz CT molecular complexity index is 262. The van der Waals surface area contributed by atoms with Crippen LogP contribution < -0.4 is 0 Å². The van der Waals surface area contributed by atoms with E-state index in [0.717, 1.165) is 26.1 Å². The monoisotopic (exact) mass is 192 g/mol. The molecule has 1 fully saturated rings. The molecule has 0 N–H and O–H groups in total. The van der Waals surface area contributed by atoms with Crippen LogP contribution in [0.2, 0.25) is 0 Å². The second-order valence-corrected chi connectivity index (χ2v) is 3.40. The topological polar surface area (TPSA) is 54.1 Å². The van der Waals surface area contributed by atoms with Crippen molar-refractivity contribution >= 4 is 0 Å². The molecule has 14 heavy (non-hydrogen) atoms. The highest BCUT2D eigenvalue weighted by Crippen LogP contribution is 2.18. The minimum atomic E-state index is -0.219. The molecule has 0 spiro atoms. The van der Waals surface area contributed by atoms with Crippen LogP contribution in [0.1, 0.15) is 20.3 Å². The molecule has 1 heterocycles. The quantitative estimate of drug-likeness (QED) is 0.648. The first-order valence-electron chi connectivity index (χ1n) is 5.07. The molecule has 1 rings (SSSR count). The van der Waals surface area contributed by atoms with E-state index in [0.29, 0.717) is 0 Å². The lowest BCUT2D eigenvalue weighted by Crippen LogP contribution is -2.56. The predicted octanol–water partition coefficient (Wildman–Crippen LogP) is 0.776. The fourth-order valence-corrected chi connectivity index (χ4v) is 1.98. The molecule has 4 heteroatoms. The number of hydrogen-bond donors (Lipinski definition) is 0. The summed E-state index contributed by atoms with van der Waals surface area (Å²) in [5.74, 6) is 0. The third-order valence-corrected chi connectivity index (χ3v) is 2.79. The average Bonchev–Trinajstić information content (AvgIpc) is 2.26. The third kappa shape index (κ3) is 1.87. The van der Waals surface area contributed by atoms with Crippen LogP contribution in [-0.2, 0) is 0 Å². The Kier molecular flexibility index (Phi) is 3.88. The second kappa shape index (κ2) is 4.95. The van der Waals surface area contributed by atoms with Crippen molar-refractivity contribution in [3.8, 4) is 12.1 Å². The van der Waals surface area contributed by atoms with Crippen LogP contribution >= 0.6 is 0 Å². The van der Waals surface area contributed by atoms with Gasteiger partial charge in [0.25, 0.3) is 0 Å². The molecule has 0 bridgehead atoms. The maximum atomic E-state index is 9.06. The van der Waals surface area contributed by atoms with Gasteiger partial charge in [-0.2, -0.15) is 10.5 Å². The van der Waals surface area contributed by atoms with Crippen LogP contribution in [0.15, 0.2) is 0 Å². The Morgan fingerprint density at radius 1 is 1.21 bits per heavy atom. The zero-order chi connectivity index (χ0) is 10.6. The number of rotatable bonds is 2. The van der Waals surface area contributed by atoms with Crippen molar-refractivity contribution in [3.05, 3.63) is 0 Å². The van der Waals surface area contributed by atoms with Crippen LogP contribution in [-0.4, -0.2) is 41.6 Å². The molecule has 0 aromatic carbocycles. The van der Waals surface area contributed by atoms with E-state index in [-0.39, 0.29) is 12.2 Å². The predicted molar refractivity (Wildman–Crippen MR) is 53.0 cm³/mol. The molecule has 0 aromatic rings. The van der Waals surface area contributed by atoms with E-state index < -0.39 is 0 Å². The summed E-state index contributed by atoms with van der Waals surface area (Å²) in [5.41, 5.74) is 0. The fourth-order valence-electron chi connectivity index (χ4n) is 1.98. The Balaban J connectivity index is 2.80. The maximum Gasteiger partial charge on any atom is 0.154 e. The first-order chi connectivity index (χ1) is 6.78. The molecule has 1 aliphatic rings. The Morgan fingerprint density at radius 3 is 2.36 bits per heavy atom. The molecule has 0 aliphatic carbocycles. The van der Waals surface area contributed by atoms with Crippen LogP contribution in [0.25, 0.3) is 0 Å². The van der Waals surface area contributed by atoms with Crippen molar-refractivity contribution in [1.82, 2.24) is 9.80 Å². The van der Waals surface area contributed by atoms with Gasteiger partial charge in [-0.05, 0) is 19.5 Å². The molecule has 1 saturated heterocycles. The molecule has 4 nitrogen and oxygen atoms in total. The Morgan fingerprint density at radius 2 is 1.93 bits per heavy atom. The molecule has 0 radical (unpaired) electrons. The normalized spacial score (nSPS) is 29.4. The van der Waals surface area contributed by atoms with Gasteiger partial charge in [-0.15, -0.1) is 0 Å². The fraction of sp³-hybridized carbons (Fsp3) is 0.800. The zero-order valence-electron chi connectivity index (χ0n) is 8.77. The average molecular weight is 192 g/mol. The van der Waals surface area contributed by atoms with E-state index >= 15 is 0 Å². The lowest BCUT2D eigenvalue weighted by molar-refractivity contribution is 0.0235. The van der Waals surface area contributed by atoms with Gasteiger partial charge in [0.2, 0.25) is 0 Å². The van der Waals surface area contributed by atoms with Crippen molar-refractivity contribution in [2.75, 3.05) is 19.6 Å². The van der Waals surface area contributed by atoms with Crippen molar-refractivity contribution in [2.45, 2.75) is 32.5 Å². The lowest BCUT2D eigenvalue weighted by Gasteiger charge is -2.41. The van der Waals surface area contributed by atoms with Gasteiger partial charge < -0.3 is 0 Å². The van der Waals surface area contributed by atoms with Crippen molar-refractivity contribution in [3.63, 3.8) is 0 Å². The van der Waals surface area contributed by atoms with E-state index in [1.165, 1.54) is 0 Å². The first-order valence-corrected chi connectivity index (χ1v) is 5.07. The molecular weight excluding hydrogens is 176 g/mol. The first kappa shape index (κ1) is 11.0. The van der Waals surface area contributed by atoms with E-state index in [2.05, 4.69) is 17.0 Å². The third-order valence-electron chi connectivity index (χ3n) is 2.79. The summed E-state index contributed by atoms with van der Waals surface area (Å²) in [6.07, 6.45) is 0.625. The molecule has 0 saturated carbocycles. The highest BCUT2D eigenvalue weighted by molar-refractivity contribution is 5.04. The zero-order valence-corrected chi connectivity index (χ0v) is 8.77. The molecule has 2 unspecified atom stereocenters. The van der Waals surface area contributed by atoms with Gasteiger partial charge in [0.1, 0.15) is 6.04 Å². The Hall–Kier alpha value is -1.10.